The fourth-order valence-corrected chi connectivity index (χ4v) is 3.08. The lowest BCUT2D eigenvalue weighted by molar-refractivity contribution is -0.160. The van der Waals surface area contributed by atoms with Gasteiger partial charge in [-0.25, -0.2) is 10.0 Å². The van der Waals surface area contributed by atoms with Crippen molar-refractivity contribution < 1.29 is 4.74 Å². The lowest BCUT2D eigenvalue weighted by Gasteiger charge is -2.44. The second-order valence-corrected chi connectivity index (χ2v) is 5.28. The smallest absolute Gasteiger partial charge is 0.0692 e. The average molecular weight is 212 g/mol. The van der Waals surface area contributed by atoms with Gasteiger partial charge in [-0.15, -0.1) is 0 Å². The van der Waals surface area contributed by atoms with Crippen LogP contribution in [-0.4, -0.2) is 47.4 Å². The molecule has 0 aromatic rings. The molecule has 0 saturated carbocycles. The quantitative estimate of drug-likeness (QED) is 0.660. The second-order valence-electron chi connectivity index (χ2n) is 5.28. The molecule has 3 heteroatoms. The molecule has 0 aliphatic carbocycles. The first kappa shape index (κ1) is 11.4. The molecule has 2 aliphatic heterocycles. The first-order valence-electron chi connectivity index (χ1n) is 6.26. The summed E-state index contributed by atoms with van der Waals surface area (Å²) in [5.74, 6) is 0. The van der Waals surface area contributed by atoms with Gasteiger partial charge in [-0.05, 0) is 40.5 Å². The summed E-state index contributed by atoms with van der Waals surface area (Å²) in [5.41, 5.74) is 0. The minimum Gasteiger partial charge on any atom is -0.373 e. The maximum Gasteiger partial charge on any atom is 0.0692 e. The Labute approximate surface area is 93.3 Å². The Morgan fingerprint density at radius 3 is 1.80 bits per heavy atom. The van der Waals surface area contributed by atoms with Crippen molar-refractivity contribution in [3.63, 3.8) is 0 Å². The number of morpholine rings is 1. The van der Waals surface area contributed by atoms with Crippen LogP contribution in [0.1, 0.15) is 40.5 Å². The number of rotatable bonds is 1. The molecule has 88 valence electrons. The number of ether oxygens (including phenoxy) is 1. The van der Waals surface area contributed by atoms with Crippen LogP contribution < -0.4 is 0 Å². The Morgan fingerprint density at radius 1 is 0.867 bits per heavy atom. The van der Waals surface area contributed by atoms with Crippen LogP contribution in [0.3, 0.4) is 0 Å². The van der Waals surface area contributed by atoms with Crippen LogP contribution in [0.4, 0.5) is 0 Å². The van der Waals surface area contributed by atoms with Gasteiger partial charge in [0, 0.05) is 25.2 Å². The highest BCUT2D eigenvalue weighted by atomic mass is 16.5. The summed E-state index contributed by atoms with van der Waals surface area (Å²) in [6.07, 6.45) is 3.41. The van der Waals surface area contributed by atoms with Crippen LogP contribution in [0.2, 0.25) is 0 Å². The molecule has 2 heterocycles. The molecular formula is C12H24N2O. The van der Waals surface area contributed by atoms with E-state index in [1.165, 1.54) is 12.8 Å². The predicted molar refractivity (Wildman–Crippen MR) is 61.6 cm³/mol. The molecule has 0 amide bonds. The van der Waals surface area contributed by atoms with Crippen LogP contribution in [-0.2, 0) is 4.74 Å². The Kier molecular flexibility index (Phi) is 3.33. The molecule has 2 aliphatic rings. The van der Waals surface area contributed by atoms with Gasteiger partial charge in [-0.3, -0.25) is 0 Å². The molecule has 0 bridgehead atoms. The minimum atomic E-state index is 0.369. The summed E-state index contributed by atoms with van der Waals surface area (Å²) in [4.78, 5) is 0. The van der Waals surface area contributed by atoms with Crippen molar-refractivity contribution in [3.05, 3.63) is 0 Å². The average Bonchev–Trinajstić information content (AvgIpc) is 2.44. The van der Waals surface area contributed by atoms with E-state index in [9.17, 15) is 0 Å². The normalized spacial score (nSPS) is 44.8. The highest BCUT2D eigenvalue weighted by molar-refractivity contribution is 4.83. The zero-order valence-corrected chi connectivity index (χ0v) is 10.4. The summed E-state index contributed by atoms with van der Waals surface area (Å²) in [5, 5.41) is 5.09. The van der Waals surface area contributed by atoms with Gasteiger partial charge < -0.3 is 4.74 Å². The van der Waals surface area contributed by atoms with E-state index in [2.05, 4.69) is 37.7 Å². The van der Waals surface area contributed by atoms with E-state index in [1.807, 2.05) is 0 Å². The second kappa shape index (κ2) is 4.40. The van der Waals surface area contributed by atoms with Gasteiger partial charge >= 0.3 is 0 Å². The Morgan fingerprint density at radius 2 is 1.33 bits per heavy atom. The molecule has 4 unspecified atom stereocenters. The minimum absolute atomic E-state index is 0.369. The van der Waals surface area contributed by atoms with E-state index in [0.717, 1.165) is 13.1 Å². The molecule has 0 spiro atoms. The standard InChI is InChI=1S/C12H24N2O/c1-9-5-6-10(2)14(9)13-7-11(3)15-12(4)8-13/h9-12H,5-8H2,1-4H3. The summed E-state index contributed by atoms with van der Waals surface area (Å²) < 4.78 is 5.78. The van der Waals surface area contributed by atoms with Gasteiger partial charge in [0.25, 0.3) is 0 Å². The summed E-state index contributed by atoms with van der Waals surface area (Å²) in [6.45, 7) is 11.1. The molecule has 0 aromatic carbocycles. The van der Waals surface area contributed by atoms with Crippen LogP contribution in [0.5, 0.6) is 0 Å². The number of hydrogen-bond acceptors (Lipinski definition) is 3. The van der Waals surface area contributed by atoms with Gasteiger partial charge in [0.2, 0.25) is 0 Å². The third-order valence-corrected chi connectivity index (χ3v) is 3.63. The molecular weight excluding hydrogens is 188 g/mol. The lowest BCUT2D eigenvalue weighted by Crippen LogP contribution is -2.56. The number of nitrogens with zero attached hydrogens (tertiary/aromatic N) is 2. The van der Waals surface area contributed by atoms with E-state index in [1.54, 1.807) is 0 Å². The Hall–Kier alpha value is -0.120. The monoisotopic (exact) mass is 212 g/mol. The molecule has 0 radical (unpaired) electrons. The third-order valence-electron chi connectivity index (χ3n) is 3.63. The van der Waals surface area contributed by atoms with Crippen LogP contribution in [0, 0.1) is 0 Å². The van der Waals surface area contributed by atoms with Crippen molar-refractivity contribution in [2.24, 2.45) is 0 Å². The first-order chi connectivity index (χ1) is 7.08. The zero-order valence-electron chi connectivity index (χ0n) is 10.4. The van der Waals surface area contributed by atoms with Crippen molar-refractivity contribution in [2.45, 2.75) is 64.8 Å². The zero-order chi connectivity index (χ0) is 11.0. The highest BCUT2D eigenvalue weighted by Crippen LogP contribution is 2.27. The molecule has 2 rings (SSSR count). The van der Waals surface area contributed by atoms with Crippen LogP contribution in [0.25, 0.3) is 0 Å². The Balaban J connectivity index is 2.02. The van der Waals surface area contributed by atoms with E-state index in [4.69, 9.17) is 4.74 Å². The van der Waals surface area contributed by atoms with E-state index < -0.39 is 0 Å². The van der Waals surface area contributed by atoms with Gasteiger partial charge in [-0.1, -0.05) is 0 Å². The van der Waals surface area contributed by atoms with Crippen molar-refractivity contribution in [1.29, 1.82) is 0 Å². The summed E-state index contributed by atoms with van der Waals surface area (Å²) in [7, 11) is 0. The molecule has 0 aromatic heterocycles. The maximum absolute atomic E-state index is 5.78. The fourth-order valence-electron chi connectivity index (χ4n) is 3.08. The molecule has 2 fully saturated rings. The topological polar surface area (TPSA) is 15.7 Å². The van der Waals surface area contributed by atoms with Crippen LogP contribution >= 0.6 is 0 Å². The van der Waals surface area contributed by atoms with E-state index in [0.29, 0.717) is 24.3 Å². The molecule has 2 saturated heterocycles. The van der Waals surface area contributed by atoms with Crippen molar-refractivity contribution >= 4 is 0 Å². The molecule has 15 heavy (non-hydrogen) atoms. The molecule has 0 N–H and O–H groups in total. The maximum atomic E-state index is 5.78. The van der Waals surface area contributed by atoms with Gasteiger partial charge in [0.05, 0.1) is 12.2 Å². The van der Waals surface area contributed by atoms with E-state index >= 15 is 0 Å². The predicted octanol–water partition coefficient (Wildman–Crippen LogP) is 1.88. The lowest BCUT2D eigenvalue weighted by atomic mass is 10.2. The van der Waals surface area contributed by atoms with Gasteiger partial charge in [0.1, 0.15) is 0 Å². The van der Waals surface area contributed by atoms with Gasteiger partial charge in [0.15, 0.2) is 0 Å². The number of hydrogen-bond donors (Lipinski definition) is 0. The van der Waals surface area contributed by atoms with Crippen molar-refractivity contribution in [2.75, 3.05) is 13.1 Å². The van der Waals surface area contributed by atoms with Crippen molar-refractivity contribution in [3.8, 4) is 0 Å². The third kappa shape index (κ3) is 2.35. The summed E-state index contributed by atoms with van der Waals surface area (Å²) >= 11 is 0. The largest absolute Gasteiger partial charge is 0.373 e. The molecule has 3 nitrogen and oxygen atoms in total. The summed E-state index contributed by atoms with van der Waals surface area (Å²) in [6, 6.07) is 1.41. The highest BCUT2D eigenvalue weighted by Gasteiger charge is 2.35. The fraction of sp³-hybridized carbons (Fsp3) is 1.00. The first-order valence-corrected chi connectivity index (χ1v) is 6.26. The van der Waals surface area contributed by atoms with E-state index in [-0.39, 0.29) is 0 Å². The number of hydrazine groups is 1. The Bertz CT molecular complexity index is 202. The molecule has 4 atom stereocenters. The van der Waals surface area contributed by atoms with Crippen LogP contribution in [0.15, 0.2) is 0 Å². The SMILES string of the molecule is CC1CN(N2C(C)CCC2C)CC(C)O1. The van der Waals surface area contributed by atoms with Gasteiger partial charge in [-0.2, -0.15) is 0 Å². The van der Waals surface area contributed by atoms with Crippen molar-refractivity contribution in [1.82, 2.24) is 10.0 Å².